The van der Waals surface area contributed by atoms with E-state index in [1.54, 1.807) is 6.07 Å². The lowest BCUT2D eigenvalue weighted by Gasteiger charge is -2.14. The molecule has 1 aliphatic rings. The predicted octanol–water partition coefficient (Wildman–Crippen LogP) is 0.475. The van der Waals surface area contributed by atoms with E-state index < -0.39 is 0 Å². The highest BCUT2D eigenvalue weighted by molar-refractivity contribution is 5.77. The topological polar surface area (TPSA) is 98.9 Å². The molecule has 0 saturated carbocycles. The van der Waals surface area contributed by atoms with Crippen molar-refractivity contribution in [2.75, 3.05) is 13.1 Å². The average Bonchev–Trinajstić information content (AvgIpc) is 2.98. The Morgan fingerprint density at radius 1 is 1.38 bits per heavy atom. The lowest BCUT2D eigenvalue weighted by atomic mass is 10.0. The molecule has 0 spiro atoms. The summed E-state index contributed by atoms with van der Waals surface area (Å²) >= 11 is 0. The molecule has 0 bridgehead atoms. The van der Waals surface area contributed by atoms with Crippen molar-refractivity contribution < 1.29 is 4.79 Å². The Balaban J connectivity index is 1.47. The third-order valence-corrected chi connectivity index (χ3v) is 4.44. The van der Waals surface area contributed by atoms with Crippen molar-refractivity contribution >= 4 is 16.8 Å². The Bertz CT molecular complexity index is 773. The molecule has 2 aromatic rings. The minimum Gasteiger partial charge on any atom is -0.356 e. The van der Waals surface area contributed by atoms with Gasteiger partial charge in [-0.3, -0.25) is 20.4 Å². The first-order valence-electron chi connectivity index (χ1n) is 8.36. The fourth-order valence-corrected chi connectivity index (χ4v) is 2.90. The lowest BCUT2D eigenvalue weighted by Crippen LogP contribution is -2.35. The number of H-pyrrole nitrogens is 1. The van der Waals surface area contributed by atoms with Gasteiger partial charge in [-0.05, 0) is 25.5 Å². The van der Waals surface area contributed by atoms with Crippen molar-refractivity contribution in [2.24, 2.45) is 5.92 Å². The summed E-state index contributed by atoms with van der Waals surface area (Å²) in [5.74, 6) is 1.08. The molecule has 3 rings (SSSR count). The minimum absolute atomic E-state index is 0.0391. The molecule has 2 heterocycles. The van der Waals surface area contributed by atoms with Gasteiger partial charge in [-0.2, -0.15) is 0 Å². The van der Waals surface area contributed by atoms with Crippen molar-refractivity contribution in [3.8, 4) is 0 Å². The first-order chi connectivity index (χ1) is 11.6. The van der Waals surface area contributed by atoms with Crippen LogP contribution >= 0.6 is 0 Å². The number of benzene rings is 1. The van der Waals surface area contributed by atoms with Crippen molar-refractivity contribution in [1.29, 1.82) is 0 Å². The summed E-state index contributed by atoms with van der Waals surface area (Å²) in [6, 6.07) is 7.62. The summed E-state index contributed by atoms with van der Waals surface area (Å²) in [5, 5.41) is 3.56. The molecule has 0 radical (unpaired) electrons. The Labute approximate surface area is 140 Å². The van der Waals surface area contributed by atoms with E-state index in [1.165, 1.54) is 0 Å². The predicted molar refractivity (Wildman–Crippen MR) is 92.4 cm³/mol. The maximum absolute atomic E-state index is 12.0. The molecule has 1 aromatic carbocycles. The van der Waals surface area contributed by atoms with Crippen LogP contribution in [-0.4, -0.2) is 35.0 Å². The molecule has 1 saturated heterocycles. The van der Waals surface area contributed by atoms with Crippen LogP contribution < -0.4 is 21.7 Å². The van der Waals surface area contributed by atoms with Crippen molar-refractivity contribution in [1.82, 2.24) is 26.1 Å². The zero-order valence-corrected chi connectivity index (χ0v) is 13.8. The lowest BCUT2D eigenvalue weighted by molar-refractivity contribution is -0.121. The molecule has 1 aliphatic heterocycles. The van der Waals surface area contributed by atoms with Crippen LogP contribution in [0.3, 0.4) is 0 Å². The first-order valence-corrected chi connectivity index (χ1v) is 8.36. The van der Waals surface area contributed by atoms with Crippen LogP contribution in [0.1, 0.15) is 25.6 Å². The quantitative estimate of drug-likeness (QED) is 0.618. The van der Waals surface area contributed by atoms with Gasteiger partial charge >= 0.3 is 0 Å². The number of carbonyl (C=O) groups excluding carboxylic acids is 1. The highest BCUT2D eigenvalue weighted by Crippen LogP contribution is 2.08. The van der Waals surface area contributed by atoms with Gasteiger partial charge in [0.1, 0.15) is 5.82 Å². The summed E-state index contributed by atoms with van der Waals surface area (Å²) in [7, 11) is 0. The summed E-state index contributed by atoms with van der Waals surface area (Å²) < 4.78 is 0. The van der Waals surface area contributed by atoms with E-state index in [4.69, 9.17) is 0 Å². The number of aromatic amines is 1. The van der Waals surface area contributed by atoms with Gasteiger partial charge in [0, 0.05) is 37.9 Å². The van der Waals surface area contributed by atoms with Gasteiger partial charge in [-0.15, -0.1) is 0 Å². The van der Waals surface area contributed by atoms with Gasteiger partial charge in [0.25, 0.3) is 5.56 Å². The van der Waals surface area contributed by atoms with E-state index in [9.17, 15) is 9.59 Å². The van der Waals surface area contributed by atoms with E-state index in [0.717, 1.165) is 6.54 Å². The van der Waals surface area contributed by atoms with Crippen LogP contribution in [0.25, 0.3) is 10.9 Å². The van der Waals surface area contributed by atoms with Gasteiger partial charge in [0.05, 0.1) is 10.9 Å². The number of carbonyl (C=O) groups is 1. The number of nitrogens with one attached hydrogen (secondary N) is 4. The highest BCUT2D eigenvalue weighted by Gasteiger charge is 2.22. The van der Waals surface area contributed by atoms with Gasteiger partial charge in [0.15, 0.2) is 0 Å². The Morgan fingerprint density at radius 2 is 2.21 bits per heavy atom. The average molecular weight is 329 g/mol. The molecule has 4 N–H and O–H groups in total. The van der Waals surface area contributed by atoms with Crippen molar-refractivity contribution in [3.05, 3.63) is 40.4 Å². The van der Waals surface area contributed by atoms with Crippen LogP contribution in [0.4, 0.5) is 0 Å². The first kappa shape index (κ1) is 16.6. The van der Waals surface area contributed by atoms with Crippen molar-refractivity contribution in [2.45, 2.75) is 32.2 Å². The molecule has 1 amide bonds. The van der Waals surface area contributed by atoms with Gasteiger partial charge in [0.2, 0.25) is 5.91 Å². The molecular weight excluding hydrogens is 306 g/mol. The third kappa shape index (κ3) is 3.98. The molecule has 1 fully saturated rings. The molecule has 2 unspecified atom stereocenters. The maximum Gasteiger partial charge on any atom is 0.258 e. The van der Waals surface area contributed by atoms with Crippen LogP contribution in [0, 0.1) is 5.92 Å². The van der Waals surface area contributed by atoms with E-state index >= 15 is 0 Å². The van der Waals surface area contributed by atoms with Crippen molar-refractivity contribution in [3.63, 3.8) is 0 Å². The number of fused-ring (bicyclic) bond motifs is 1. The molecule has 2 atom stereocenters. The summed E-state index contributed by atoms with van der Waals surface area (Å²) in [6.45, 7) is 3.63. The number of hydrogen-bond donors (Lipinski definition) is 4. The second-order valence-electron chi connectivity index (χ2n) is 6.26. The largest absolute Gasteiger partial charge is 0.356 e. The fraction of sp³-hybridized carbons (Fsp3) is 0.471. The van der Waals surface area contributed by atoms with Gasteiger partial charge < -0.3 is 10.3 Å². The summed E-state index contributed by atoms with van der Waals surface area (Å²) in [5.41, 5.74) is 6.78. The normalized spacial score (nSPS) is 20.4. The van der Waals surface area contributed by atoms with Gasteiger partial charge in [-0.1, -0.05) is 12.1 Å². The second-order valence-corrected chi connectivity index (χ2v) is 6.26. The third-order valence-electron chi connectivity index (χ3n) is 4.44. The molecule has 1 aromatic heterocycles. The maximum atomic E-state index is 12.0. The standard InChI is InChI=1S/C17H23N5O2/c1-11-12(10-19-22-11)9-18-16(23)8-4-7-15-20-14-6-3-2-5-13(14)17(24)21-15/h2-3,5-6,11-12,19,22H,4,7-10H2,1H3,(H,18,23)(H,20,21,24). The molecule has 7 heteroatoms. The zero-order valence-electron chi connectivity index (χ0n) is 13.8. The van der Waals surface area contributed by atoms with E-state index in [1.807, 2.05) is 18.2 Å². The molecule has 0 aliphatic carbocycles. The molecular formula is C17H23N5O2. The number of amides is 1. The fourth-order valence-electron chi connectivity index (χ4n) is 2.90. The number of hydrogen-bond acceptors (Lipinski definition) is 5. The molecule has 24 heavy (non-hydrogen) atoms. The smallest absolute Gasteiger partial charge is 0.258 e. The number of para-hydroxylation sites is 1. The Morgan fingerprint density at radius 3 is 3.00 bits per heavy atom. The van der Waals surface area contributed by atoms with Crippen LogP contribution in [0.5, 0.6) is 0 Å². The number of rotatable bonds is 6. The monoisotopic (exact) mass is 329 g/mol. The number of aromatic nitrogens is 2. The molecule has 7 nitrogen and oxygen atoms in total. The number of nitrogens with zero attached hydrogens (tertiary/aromatic N) is 1. The number of aryl methyl sites for hydroxylation is 1. The Hall–Kier alpha value is -2.25. The van der Waals surface area contributed by atoms with E-state index in [-0.39, 0.29) is 11.5 Å². The van der Waals surface area contributed by atoms with E-state index in [2.05, 4.69) is 33.1 Å². The summed E-state index contributed by atoms with van der Waals surface area (Å²) in [4.78, 5) is 31.2. The van der Waals surface area contributed by atoms with Crippen LogP contribution in [-0.2, 0) is 11.2 Å². The zero-order chi connectivity index (χ0) is 16.9. The van der Waals surface area contributed by atoms with Crippen LogP contribution in [0.15, 0.2) is 29.1 Å². The van der Waals surface area contributed by atoms with Crippen LogP contribution in [0.2, 0.25) is 0 Å². The summed E-state index contributed by atoms with van der Waals surface area (Å²) in [6.07, 6.45) is 1.67. The highest BCUT2D eigenvalue weighted by atomic mass is 16.1. The SMILES string of the molecule is CC1NNCC1CNC(=O)CCCc1nc2ccccc2c(=O)[nH]1. The van der Waals surface area contributed by atoms with E-state index in [0.29, 0.717) is 54.5 Å². The second kappa shape index (κ2) is 7.55. The number of hydrazine groups is 1. The van der Waals surface area contributed by atoms with Gasteiger partial charge in [-0.25, -0.2) is 4.98 Å². The minimum atomic E-state index is -0.129. The molecule has 128 valence electrons. The Kier molecular flexibility index (Phi) is 5.22.